The van der Waals surface area contributed by atoms with Crippen LogP contribution in [-0.4, -0.2) is 21.5 Å². The molecular weight excluding hydrogens is 291 g/mol. The number of sulfonamides is 1. The minimum Gasteiger partial charge on any atom is -0.313 e. The lowest BCUT2D eigenvalue weighted by molar-refractivity contribution is 0.568. The second-order valence-electron chi connectivity index (χ2n) is 5.03. The molecule has 0 aliphatic carbocycles. The molecule has 1 aromatic rings. The topological polar surface area (TPSA) is 58.2 Å². The van der Waals surface area contributed by atoms with Gasteiger partial charge >= 0.3 is 0 Å². The maximum atomic E-state index is 13.4. The first-order chi connectivity index (χ1) is 10.0. The lowest BCUT2D eigenvalue weighted by Crippen LogP contribution is -2.27. The van der Waals surface area contributed by atoms with Crippen LogP contribution in [0.2, 0.25) is 0 Å². The summed E-state index contributed by atoms with van der Waals surface area (Å²) in [5.41, 5.74) is 0.591. The smallest absolute Gasteiger partial charge is 0.240 e. The third kappa shape index (κ3) is 6.11. The van der Waals surface area contributed by atoms with Gasteiger partial charge in [0.15, 0.2) is 0 Å². The summed E-state index contributed by atoms with van der Waals surface area (Å²) in [6.45, 7) is 5.68. The van der Waals surface area contributed by atoms with Crippen LogP contribution < -0.4 is 10.0 Å². The van der Waals surface area contributed by atoms with Crippen LogP contribution in [0.3, 0.4) is 0 Å². The van der Waals surface area contributed by atoms with E-state index in [4.69, 9.17) is 0 Å². The standard InChI is InChI=1S/C15H25FN2O2S/c1-3-5-6-10-18-21(19,20)15-11-14(16)8-7-13(15)12-17-9-4-2/h7-8,11,17-18H,3-6,9-10,12H2,1-2H3. The van der Waals surface area contributed by atoms with E-state index in [9.17, 15) is 12.8 Å². The molecule has 0 aliphatic heterocycles. The van der Waals surface area contributed by atoms with E-state index in [0.717, 1.165) is 38.3 Å². The molecule has 0 aromatic heterocycles. The lowest BCUT2D eigenvalue weighted by atomic mass is 10.2. The molecular formula is C15H25FN2O2S. The fraction of sp³-hybridized carbons (Fsp3) is 0.600. The van der Waals surface area contributed by atoms with Gasteiger partial charge in [0.2, 0.25) is 10.0 Å². The summed E-state index contributed by atoms with van der Waals surface area (Å²) in [5.74, 6) is -0.539. The number of nitrogens with one attached hydrogen (secondary N) is 2. The average Bonchev–Trinajstić information content (AvgIpc) is 2.45. The first kappa shape index (κ1) is 18.1. The SMILES string of the molecule is CCCCCNS(=O)(=O)c1cc(F)ccc1CNCCC. The van der Waals surface area contributed by atoms with E-state index < -0.39 is 15.8 Å². The van der Waals surface area contributed by atoms with Crippen molar-refractivity contribution in [2.45, 2.75) is 51.0 Å². The number of halogens is 1. The van der Waals surface area contributed by atoms with Crippen LogP contribution in [0, 0.1) is 5.82 Å². The molecule has 0 unspecified atom stereocenters. The zero-order chi connectivity index (χ0) is 15.7. The van der Waals surface area contributed by atoms with Crippen LogP contribution in [-0.2, 0) is 16.6 Å². The predicted molar refractivity (Wildman–Crippen MR) is 83.1 cm³/mol. The van der Waals surface area contributed by atoms with Gasteiger partial charge in [-0.15, -0.1) is 0 Å². The van der Waals surface area contributed by atoms with E-state index in [0.29, 0.717) is 18.7 Å². The van der Waals surface area contributed by atoms with Crippen LogP contribution in [0.4, 0.5) is 4.39 Å². The summed E-state index contributed by atoms with van der Waals surface area (Å²) < 4.78 is 40.5. The Kier molecular flexibility index (Phi) is 7.85. The molecule has 0 saturated heterocycles. The van der Waals surface area contributed by atoms with Gasteiger partial charge in [-0.1, -0.05) is 32.8 Å². The fourth-order valence-corrected chi connectivity index (χ4v) is 3.31. The highest BCUT2D eigenvalue weighted by Crippen LogP contribution is 2.17. The molecule has 0 heterocycles. The summed E-state index contributed by atoms with van der Waals surface area (Å²) in [7, 11) is -3.66. The Morgan fingerprint density at radius 1 is 1.10 bits per heavy atom. The average molecular weight is 316 g/mol. The first-order valence-corrected chi connectivity index (χ1v) is 8.98. The highest BCUT2D eigenvalue weighted by Gasteiger charge is 2.18. The molecule has 6 heteroatoms. The Morgan fingerprint density at radius 3 is 2.52 bits per heavy atom. The van der Waals surface area contributed by atoms with Gasteiger partial charge in [0.05, 0.1) is 4.90 Å². The van der Waals surface area contributed by atoms with Gasteiger partial charge in [-0.3, -0.25) is 0 Å². The Hall–Kier alpha value is -0.980. The second-order valence-corrected chi connectivity index (χ2v) is 6.77. The van der Waals surface area contributed by atoms with Crippen molar-refractivity contribution in [2.75, 3.05) is 13.1 Å². The molecule has 1 aromatic carbocycles. The summed E-state index contributed by atoms with van der Waals surface area (Å²) in [5, 5.41) is 3.15. The molecule has 0 bridgehead atoms. The number of hydrogen-bond donors (Lipinski definition) is 2. The first-order valence-electron chi connectivity index (χ1n) is 7.50. The second kappa shape index (κ2) is 9.12. The molecule has 0 amide bonds. The minimum atomic E-state index is -3.66. The van der Waals surface area contributed by atoms with E-state index in [-0.39, 0.29) is 4.90 Å². The maximum Gasteiger partial charge on any atom is 0.240 e. The van der Waals surface area contributed by atoms with Crippen LogP contribution in [0.25, 0.3) is 0 Å². The molecule has 21 heavy (non-hydrogen) atoms. The Labute approximate surface area is 127 Å². The largest absolute Gasteiger partial charge is 0.313 e. The van der Waals surface area contributed by atoms with E-state index in [2.05, 4.69) is 17.0 Å². The third-order valence-corrected chi connectivity index (χ3v) is 4.68. The number of rotatable bonds is 10. The number of hydrogen-bond acceptors (Lipinski definition) is 3. The third-order valence-electron chi connectivity index (χ3n) is 3.13. The van der Waals surface area contributed by atoms with Gasteiger partial charge in [0, 0.05) is 13.1 Å². The molecule has 0 atom stereocenters. The van der Waals surface area contributed by atoms with Gasteiger partial charge in [0.25, 0.3) is 0 Å². The van der Waals surface area contributed by atoms with Crippen molar-refractivity contribution in [3.05, 3.63) is 29.6 Å². The molecule has 2 N–H and O–H groups in total. The molecule has 1 rings (SSSR count). The molecule has 0 saturated carbocycles. The van der Waals surface area contributed by atoms with E-state index in [1.54, 1.807) is 0 Å². The monoisotopic (exact) mass is 316 g/mol. The molecule has 0 fully saturated rings. The zero-order valence-corrected chi connectivity index (χ0v) is 13.6. The van der Waals surface area contributed by atoms with Crippen LogP contribution in [0.5, 0.6) is 0 Å². The summed E-state index contributed by atoms with van der Waals surface area (Å²) >= 11 is 0. The van der Waals surface area contributed by atoms with Crippen molar-refractivity contribution in [1.29, 1.82) is 0 Å². The number of unbranched alkanes of at least 4 members (excludes halogenated alkanes) is 2. The molecule has 0 aliphatic rings. The quantitative estimate of drug-likeness (QED) is 0.653. The molecule has 4 nitrogen and oxygen atoms in total. The minimum absolute atomic E-state index is 0.0302. The van der Waals surface area contributed by atoms with Crippen molar-refractivity contribution >= 4 is 10.0 Å². The van der Waals surface area contributed by atoms with E-state index in [1.165, 1.54) is 12.1 Å². The summed E-state index contributed by atoms with van der Waals surface area (Å²) in [6, 6.07) is 3.91. The lowest BCUT2D eigenvalue weighted by Gasteiger charge is -2.12. The Bertz CT molecular complexity index is 532. The Balaban J connectivity index is 2.84. The molecule has 0 spiro atoms. The van der Waals surface area contributed by atoms with Crippen molar-refractivity contribution in [3.8, 4) is 0 Å². The van der Waals surface area contributed by atoms with Crippen LogP contribution in [0.15, 0.2) is 23.1 Å². The van der Waals surface area contributed by atoms with Crippen molar-refractivity contribution in [2.24, 2.45) is 0 Å². The van der Waals surface area contributed by atoms with Gasteiger partial charge < -0.3 is 5.32 Å². The van der Waals surface area contributed by atoms with Gasteiger partial charge in [0.1, 0.15) is 5.82 Å². The fourth-order valence-electron chi connectivity index (χ4n) is 1.98. The van der Waals surface area contributed by atoms with Crippen LogP contribution in [0.1, 0.15) is 45.1 Å². The highest BCUT2D eigenvalue weighted by atomic mass is 32.2. The van der Waals surface area contributed by atoms with Crippen molar-refractivity contribution in [1.82, 2.24) is 10.0 Å². The highest BCUT2D eigenvalue weighted by molar-refractivity contribution is 7.89. The zero-order valence-electron chi connectivity index (χ0n) is 12.8. The van der Waals surface area contributed by atoms with Gasteiger partial charge in [-0.05, 0) is 37.1 Å². The van der Waals surface area contributed by atoms with E-state index in [1.807, 2.05) is 6.92 Å². The summed E-state index contributed by atoms with van der Waals surface area (Å²) in [4.78, 5) is 0.0302. The normalized spacial score (nSPS) is 11.8. The predicted octanol–water partition coefficient (Wildman–Crippen LogP) is 2.79. The Morgan fingerprint density at radius 2 is 1.86 bits per heavy atom. The maximum absolute atomic E-state index is 13.4. The van der Waals surface area contributed by atoms with Crippen molar-refractivity contribution < 1.29 is 12.8 Å². The van der Waals surface area contributed by atoms with Crippen molar-refractivity contribution in [3.63, 3.8) is 0 Å². The van der Waals surface area contributed by atoms with Gasteiger partial charge in [-0.2, -0.15) is 0 Å². The van der Waals surface area contributed by atoms with E-state index >= 15 is 0 Å². The van der Waals surface area contributed by atoms with Gasteiger partial charge in [-0.25, -0.2) is 17.5 Å². The number of benzene rings is 1. The van der Waals surface area contributed by atoms with Crippen LogP contribution >= 0.6 is 0 Å². The summed E-state index contributed by atoms with van der Waals surface area (Å²) in [6.07, 6.45) is 3.73. The molecule has 120 valence electrons. The molecule has 0 radical (unpaired) electrons.